The average Bonchev–Trinajstić information content (AvgIpc) is 2.10. The van der Waals surface area contributed by atoms with Gasteiger partial charge < -0.3 is 4.74 Å². The number of unbranched alkanes of at least 4 members (excludes halogenated alkanes) is 3. The Labute approximate surface area is 92.5 Å². The number of hydrogen-bond donors (Lipinski definition) is 0. The topological polar surface area (TPSA) is 9.23 Å². The van der Waals surface area contributed by atoms with Gasteiger partial charge in [0.1, 0.15) is 0 Å². The molecular formula is C9H18Br2O. The van der Waals surface area contributed by atoms with Gasteiger partial charge in [-0.25, -0.2) is 0 Å². The molecule has 0 spiro atoms. The van der Waals surface area contributed by atoms with Gasteiger partial charge in [0.15, 0.2) is 0 Å². The van der Waals surface area contributed by atoms with E-state index in [9.17, 15) is 0 Å². The lowest BCUT2D eigenvalue weighted by molar-refractivity contribution is 0.128. The van der Waals surface area contributed by atoms with E-state index in [1.165, 1.54) is 32.1 Å². The third-order valence-electron chi connectivity index (χ3n) is 1.59. The van der Waals surface area contributed by atoms with Gasteiger partial charge in [-0.05, 0) is 25.7 Å². The first-order chi connectivity index (χ1) is 5.91. The standard InChI is InChI=1S/C9H18Br2O/c10-6-2-1-4-8-12-9-5-3-7-11/h1-9H2. The van der Waals surface area contributed by atoms with E-state index in [0.29, 0.717) is 0 Å². The largest absolute Gasteiger partial charge is 0.381 e. The number of hydrogen-bond acceptors (Lipinski definition) is 1. The van der Waals surface area contributed by atoms with Gasteiger partial charge in [0.25, 0.3) is 0 Å². The minimum Gasteiger partial charge on any atom is -0.381 e. The van der Waals surface area contributed by atoms with Crippen LogP contribution in [0.3, 0.4) is 0 Å². The van der Waals surface area contributed by atoms with Gasteiger partial charge in [-0.15, -0.1) is 0 Å². The van der Waals surface area contributed by atoms with Crippen molar-refractivity contribution < 1.29 is 4.74 Å². The second-order valence-electron chi connectivity index (χ2n) is 2.76. The zero-order valence-corrected chi connectivity index (χ0v) is 10.7. The van der Waals surface area contributed by atoms with E-state index in [-0.39, 0.29) is 0 Å². The number of halogens is 2. The summed E-state index contributed by atoms with van der Waals surface area (Å²) in [5.74, 6) is 0. The smallest absolute Gasteiger partial charge is 0.0466 e. The van der Waals surface area contributed by atoms with Gasteiger partial charge in [0.2, 0.25) is 0 Å². The first-order valence-corrected chi connectivity index (χ1v) is 6.85. The molecule has 0 bridgehead atoms. The maximum Gasteiger partial charge on any atom is 0.0466 e. The molecule has 0 radical (unpaired) electrons. The highest BCUT2D eigenvalue weighted by atomic mass is 79.9. The molecule has 0 aliphatic carbocycles. The van der Waals surface area contributed by atoms with Gasteiger partial charge in [-0.2, -0.15) is 0 Å². The highest BCUT2D eigenvalue weighted by Gasteiger charge is 1.89. The van der Waals surface area contributed by atoms with Gasteiger partial charge in [0.05, 0.1) is 0 Å². The second kappa shape index (κ2) is 11.9. The molecule has 0 rings (SSSR count). The summed E-state index contributed by atoms with van der Waals surface area (Å²) in [6.45, 7) is 1.87. The van der Waals surface area contributed by atoms with Crippen molar-refractivity contribution >= 4 is 31.9 Å². The maximum absolute atomic E-state index is 5.45. The van der Waals surface area contributed by atoms with Crippen molar-refractivity contribution in [1.29, 1.82) is 0 Å². The molecule has 0 aromatic rings. The molecule has 12 heavy (non-hydrogen) atoms. The van der Waals surface area contributed by atoms with Crippen LogP contribution in [-0.2, 0) is 4.74 Å². The molecule has 0 N–H and O–H groups in total. The van der Waals surface area contributed by atoms with Crippen LogP contribution in [-0.4, -0.2) is 23.9 Å². The quantitative estimate of drug-likeness (QED) is 0.466. The monoisotopic (exact) mass is 300 g/mol. The molecule has 0 heterocycles. The van der Waals surface area contributed by atoms with Crippen LogP contribution in [0.2, 0.25) is 0 Å². The normalized spacial score (nSPS) is 10.5. The molecule has 0 aromatic carbocycles. The highest BCUT2D eigenvalue weighted by molar-refractivity contribution is 9.09. The molecule has 0 saturated heterocycles. The van der Waals surface area contributed by atoms with E-state index in [2.05, 4.69) is 31.9 Å². The SMILES string of the molecule is BrCCCCCOCCCCBr. The first kappa shape index (κ1) is 12.9. The number of alkyl halides is 2. The van der Waals surface area contributed by atoms with Gasteiger partial charge >= 0.3 is 0 Å². The molecule has 74 valence electrons. The van der Waals surface area contributed by atoms with E-state index >= 15 is 0 Å². The van der Waals surface area contributed by atoms with Crippen molar-refractivity contribution in [2.45, 2.75) is 32.1 Å². The summed E-state index contributed by atoms with van der Waals surface area (Å²) >= 11 is 6.80. The second-order valence-corrected chi connectivity index (χ2v) is 4.34. The molecule has 1 nitrogen and oxygen atoms in total. The molecule has 0 fully saturated rings. The van der Waals surface area contributed by atoms with Crippen LogP contribution in [0, 0.1) is 0 Å². The van der Waals surface area contributed by atoms with Gasteiger partial charge in [-0.3, -0.25) is 0 Å². The number of ether oxygens (including phenoxy) is 1. The third-order valence-corrected chi connectivity index (χ3v) is 2.72. The van der Waals surface area contributed by atoms with Crippen LogP contribution in [0.4, 0.5) is 0 Å². The molecule has 0 aromatic heterocycles. The van der Waals surface area contributed by atoms with E-state index in [0.717, 1.165) is 23.9 Å². The Bertz CT molecular complexity index is 68.9. The Kier molecular flexibility index (Phi) is 12.8. The summed E-state index contributed by atoms with van der Waals surface area (Å²) in [7, 11) is 0. The number of rotatable bonds is 9. The van der Waals surface area contributed by atoms with Crippen LogP contribution in [0.1, 0.15) is 32.1 Å². The fourth-order valence-corrected chi connectivity index (χ4v) is 1.67. The average molecular weight is 302 g/mol. The lowest BCUT2D eigenvalue weighted by Gasteiger charge is -2.02. The zero-order chi connectivity index (χ0) is 9.07. The van der Waals surface area contributed by atoms with E-state index < -0.39 is 0 Å². The fraction of sp³-hybridized carbons (Fsp3) is 1.00. The van der Waals surface area contributed by atoms with Crippen LogP contribution < -0.4 is 0 Å². The Hall–Kier alpha value is 0.920. The predicted molar refractivity (Wildman–Crippen MR) is 61.5 cm³/mol. The molecule has 0 amide bonds. The van der Waals surface area contributed by atoms with E-state index in [1.807, 2.05) is 0 Å². The van der Waals surface area contributed by atoms with Crippen molar-refractivity contribution in [3.63, 3.8) is 0 Å². The van der Waals surface area contributed by atoms with E-state index in [1.54, 1.807) is 0 Å². The summed E-state index contributed by atoms with van der Waals surface area (Å²) < 4.78 is 5.45. The van der Waals surface area contributed by atoms with E-state index in [4.69, 9.17) is 4.74 Å². The first-order valence-electron chi connectivity index (χ1n) is 4.61. The predicted octanol–water partition coefficient (Wildman–Crippen LogP) is 3.74. The molecule has 0 saturated carbocycles. The van der Waals surface area contributed by atoms with Crippen LogP contribution in [0.15, 0.2) is 0 Å². The lowest BCUT2D eigenvalue weighted by Crippen LogP contribution is -1.97. The van der Waals surface area contributed by atoms with Crippen LogP contribution >= 0.6 is 31.9 Å². The fourth-order valence-electron chi connectivity index (χ4n) is 0.876. The van der Waals surface area contributed by atoms with Crippen molar-refractivity contribution in [2.75, 3.05) is 23.9 Å². The summed E-state index contributed by atoms with van der Waals surface area (Å²) in [4.78, 5) is 0. The third kappa shape index (κ3) is 10.9. The summed E-state index contributed by atoms with van der Waals surface area (Å²) in [5, 5.41) is 2.22. The van der Waals surface area contributed by atoms with Crippen LogP contribution in [0.25, 0.3) is 0 Å². The minimum atomic E-state index is 0.930. The van der Waals surface area contributed by atoms with Crippen molar-refractivity contribution in [1.82, 2.24) is 0 Å². The highest BCUT2D eigenvalue weighted by Crippen LogP contribution is 2.00. The Morgan fingerprint density at radius 1 is 0.667 bits per heavy atom. The summed E-state index contributed by atoms with van der Waals surface area (Å²) in [6.07, 6.45) is 6.17. The molecule has 0 aliphatic rings. The molecule has 3 heteroatoms. The Balaban J connectivity index is 2.73. The lowest BCUT2D eigenvalue weighted by atomic mass is 10.3. The molecule has 0 aliphatic heterocycles. The summed E-state index contributed by atoms with van der Waals surface area (Å²) in [6, 6.07) is 0. The van der Waals surface area contributed by atoms with Crippen molar-refractivity contribution in [3.05, 3.63) is 0 Å². The zero-order valence-electron chi connectivity index (χ0n) is 7.53. The van der Waals surface area contributed by atoms with Crippen molar-refractivity contribution in [2.24, 2.45) is 0 Å². The minimum absolute atomic E-state index is 0.930. The summed E-state index contributed by atoms with van der Waals surface area (Å²) in [5.41, 5.74) is 0. The van der Waals surface area contributed by atoms with Gasteiger partial charge in [0, 0.05) is 23.9 Å². The van der Waals surface area contributed by atoms with Crippen molar-refractivity contribution in [3.8, 4) is 0 Å². The molecule has 0 atom stereocenters. The molecular weight excluding hydrogens is 284 g/mol. The maximum atomic E-state index is 5.45. The molecule has 0 unspecified atom stereocenters. The van der Waals surface area contributed by atoms with Gasteiger partial charge in [-0.1, -0.05) is 38.3 Å². The Morgan fingerprint density at radius 3 is 1.75 bits per heavy atom. The van der Waals surface area contributed by atoms with Crippen LogP contribution in [0.5, 0.6) is 0 Å². The Morgan fingerprint density at radius 2 is 1.17 bits per heavy atom.